The van der Waals surface area contributed by atoms with Crippen LogP contribution in [0.25, 0.3) is 0 Å². The number of ether oxygens (including phenoxy) is 2. The van der Waals surface area contributed by atoms with Crippen molar-refractivity contribution in [2.45, 2.75) is 30.3 Å². The Morgan fingerprint density at radius 2 is 2.20 bits per heavy atom. The Balaban J connectivity index is 2.13. The summed E-state index contributed by atoms with van der Waals surface area (Å²) in [7, 11) is 1.48. The van der Waals surface area contributed by atoms with Gasteiger partial charge in [0.1, 0.15) is 4.90 Å². The molecule has 1 saturated heterocycles. The molecule has 0 radical (unpaired) electrons. The van der Waals surface area contributed by atoms with Gasteiger partial charge in [-0.25, -0.2) is 8.42 Å². The number of halogens is 3. The SMILES string of the molecule is O=S(=O)(Cl)c1cc(Br)cc(Cl)c1OCCC1CCCO1. The van der Waals surface area contributed by atoms with Crippen LogP contribution in [0.2, 0.25) is 5.02 Å². The second-order valence-electron chi connectivity index (χ2n) is 4.42. The Morgan fingerprint density at radius 1 is 1.45 bits per heavy atom. The minimum absolute atomic E-state index is 0.0860. The zero-order chi connectivity index (χ0) is 14.8. The van der Waals surface area contributed by atoms with Crippen LogP contribution < -0.4 is 4.74 Å². The first-order valence-electron chi connectivity index (χ1n) is 6.06. The van der Waals surface area contributed by atoms with Crippen molar-refractivity contribution in [1.29, 1.82) is 0 Å². The number of hydrogen-bond acceptors (Lipinski definition) is 4. The van der Waals surface area contributed by atoms with Crippen LogP contribution in [-0.4, -0.2) is 27.7 Å². The van der Waals surface area contributed by atoms with E-state index in [4.69, 9.17) is 31.8 Å². The highest BCUT2D eigenvalue weighted by Gasteiger charge is 2.22. The lowest BCUT2D eigenvalue weighted by molar-refractivity contribution is 0.0899. The summed E-state index contributed by atoms with van der Waals surface area (Å²) in [4.78, 5) is -0.133. The van der Waals surface area contributed by atoms with Gasteiger partial charge in [-0.15, -0.1) is 0 Å². The third kappa shape index (κ3) is 4.24. The van der Waals surface area contributed by atoms with Crippen molar-refractivity contribution >= 4 is 47.3 Å². The Hall–Kier alpha value is -0.0100. The van der Waals surface area contributed by atoms with Crippen LogP contribution in [0, 0.1) is 0 Å². The maximum absolute atomic E-state index is 11.6. The first-order chi connectivity index (χ1) is 9.38. The van der Waals surface area contributed by atoms with Crippen molar-refractivity contribution in [2.75, 3.05) is 13.2 Å². The predicted molar refractivity (Wildman–Crippen MR) is 81.3 cm³/mol. The molecule has 20 heavy (non-hydrogen) atoms. The van der Waals surface area contributed by atoms with Gasteiger partial charge in [-0.3, -0.25) is 0 Å². The lowest BCUT2D eigenvalue weighted by atomic mass is 10.2. The monoisotopic (exact) mass is 402 g/mol. The van der Waals surface area contributed by atoms with Crippen molar-refractivity contribution in [1.82, 2.24) is 0 Å². The molecule has 0 aromatic heterocycles. The molecule has 2 rings (SSSR count). The zero-order valence-corrected chi connectivity index (χ0v) is 14.4. The summed E-state index contributed by atoms with van der Waals surface area (Å²) >= 11 is 9.21. The summed E-state index contributed by atoms with van der Waals surface area (Å²) in [5.74, 6) is 0.0860. The Kier molecular flexibility index (Phi) is 5.59. The summed E-state index contributed by atoms with van der Waals surface area (Å²) in [6.45, 7) is 1.09. The molecule has 112 valence electrons. The Morgan fingerprint density at radius 3 is 2.80 bits per heavy atom. The van der Waals surface area contributed by atoms with E-state index in [1.165, 1.54) is 6.07 Å². The summed E-state index contributed by atoms with van der Waals surface area (Å²) in [6, 6.07) is 2.93. The second kappa shape index (κ2) is 6.83. The summed E-state index contributed by atoms with van der Waals surface area (Å²) < 4.78 is 34.6. The highest BCUT2D eigenvalue weighted by atomic mass is 79.9. The van der Waals surface area contributed by atoms with Crippen molar-refractivity contribution in [3.8, 4) is 5.75 Å². The van der Waals surface area contributed by atoms with Crippen LogP contribution >= 0.6 is 38.2 Å². The number of hydrogen-bond donors (Lipinski definition) is 0. The predicted octanol–water partition coefficient (Wildman–Crippen LogP) is 3.98. The molecule has 1 atom stereocenters. The van der Waals surface area contributed by atoms with Crippen LogP contribution in [0.4, 0.5) is 0 Å². The van der Waals surface area contributed by atoms with E-state index in [0.717, 1.165) is 19.4 Å². The molecule has 0 bridgehead atoms. The van der Waals surface area contributed by atoms with E-state index in [1.807, 2.05) is 0 Å². The normalized spacial score (nSPS) is 19.2. The fourth-order valence-electron chi connectivity index (χ4n) is 2.02. The molecular weight excluding hydrogens is 391 g/mol. The molecule has 0 aliphatic carbocycles. The van der Waals surface area contributed by atoms with E-state index >= 15 is 0 Å². The molecule has 1 aromatic rings. The summed E-state index contributed by atoms with van der Waals surface area (Å²) in [6.07, 6.45) is 2.90. The maximum atomic E-state index is 11.6. The molecule has 1 fully saturated rings. The van der Waals surface area contributed by atoms with Gasteiger partial charge in [0.15, 0.2) is 5.75 Å². The van der Waals surface area contributed by atoms with Crippen LogP contribution in [0.1, 0.15) is 19.3 Å². The molecule has 1 aromatic carbocycles. The first-order valence-corrected chi connectivity index (χ1v) is 9.54. The standard InChI is InChI=1S/C12H13BrCl2O4S/c13-8-6-10(14)12(11(7-8)20(15,16)17)19-5-3-9-2-1-4-18-9/h6-7,9H,1-5H2. The molecule has 0 N–H and O–H groups in total. The average Bonchev–Trinajstić information content (AvgIpc) is 2.83. The van der Waals surface area contributed by atoms with Crippen LogP contribution in [0.5, 0.6) is 5.75 Å². The van der Waals surface area contributed by atoms with E-state index < -0.39 is 9.05 Å². The van der Waals surface area contributed by atoms with Crippen LogP contribution in [0.15, 0.2) is 21.5 Å². The summed E-state index contributed by atoms with van der Waals surface area (Å²) in [5.41, 5.74) is 0. The maximum Gasteiger partial charge on any atom is 0.265 e. The highest BCUT2D eigenvalue weighted by Crippen LogP contribution is 2.37. The fourth-order valence-corrected chi connectivity index (χ4v) is 4.10. The molecule has 4 nitrogen and oxygen atoms in total. The fraction of sp³-hybridized carbons (Fsp3) is 0.500. The number of benzene rings is 1. The Labute approximate surface area is 135 Å². The van der Waals surface area contributed by atoms with E-state index in [-0.39, 0.29) is 21.8 Å². The molecule has 0 spiro atoms. The number of rotatable bonds is 5. The van der Waals surface area contributed by atoms with Crippen molar-refractivity contribution in [3.05, 3.63) is 21.6 Å². The first kappa shape index (κ1) is 16.4. The molecule has 1 aliphatic heterocycles. The van der Waals surface area contributed by atoms with Gasteiger partial charge in [-0.1, -0.05) is 27.5 Å². The zero-order valence-electron chi connectivity index (χ0n) is 10.4. The molecule has 8 heteroatoms. The van der Waals surface area contributed by atoms with E-state index in [9.17, 15) is 8.42 Å². The largest absolute Gasteiger partial charge is 0.490 e. The molecule has 1 heterocycles. The van der Waals surface area contributed by atoms with Crippen LogP contribution in [-0.2, 0) is 13.8 Å². The second-order valence-corrected chi connectivity index (χ2v) is 8.28. The molecule has 0 amide bonds. The van der Waals surface area contributed by atoms with Gasteiger partial charge in [-0.2, -0.15) is 0 Å². The quantitative estimate of drug-likeness (QED) is 0.697. The van der Waals surface area contributed by atoms with Gasteiger partial charge < -0.3 is 9.47 Å². The third-order valence-electron chi connectivity index (χ3n) is 2.95. The van der Waals surface area contributed by atoms with Crippen molar-refractivity contribution in [2.24, 2.45) is 0 Å². The summed E-state index contributed by atoms with van der Waals surface area (Å²) in [5, 5.41) is 0.200. The van der Waals surface area contributed by atoms with E-state index in [0.29, 0.717) is 17.5 Å². The Bertz CT molecular complexity index is 585. The molecule has 1 aliphatic rings. The lowest BCUT2D eigenvalue weighted by Gasteiger charge is -2.14. The highest BCUT2D eigenvalue weighted by molar-refractivity contribution is 9.10. The molecule has 1 unspecified atom stereocenters. The molecular formula is C12H13BrCl2O4S. The van der Waals surface area contributed by atoms with Gasteiger partial charge >= 0.3 is 0 Å². The third-order valence-corrected chi connectivity index (χ3v) is 5.01. The smallest absolute Gasteiger partial charge is 0.265 e. The van der Waals surface area contributed by atoms with Gasteiger partial charge in [0.25, 0.3) is 9.05 Å². The van der Waals surface area contributed by atoms with E-state index in [1.54, 1.807) is 6.07 Å². The lowest BCUT2D eigenvalue weighted by Crippen LogP contribution is -2.12. The van der Waals surface area contributed by atoms with E-state index in [2.05, 4.69) is 15.9 Å². The minimum Gasteiger partial charge on any atom is -0.490 e. The van der Waals surface area contributed by atoms with Gasteiger partial charge in [-0.05, 0) is 25.0 Å². The molecule has 0 saturated carbocycles. The van der Waals surface area contributed by atoms with Gasteiger partial charge in [0, 0.05) is 28.2 Å². The van der Waals surface area contributed by atoms with Gasteiger partial charge in [0.05, 0.1) is 17.7 Å². The minimum atomic E-state index is -3.93. The van der Waals surface area contributed by atoms with Crippen LogP contribution in [0.3, 0.4) is 0 Å². The van der Waals surface area contributed by atoms with Crippen molar-refractivity contribution < 1.29 is 17.9 Å². The van der Waals surface area contributed by atoms with Gasteiger partial charge in [0.2, 0.25) is 0 Å². The average molecular weight is 404 g/mol. The topological polar surface area (TPSA) is 52.6 Å². The van der Waals surface area contributed by atoms with Crippen molar-refractivity contribution in [3.63, 3.8) is 0 Å².